The number of phenolic OH excluding ortho intramolecular Hbond substituents is 1. The maximum atomic E-state index is 9.97. The molecule has 1 atom stereocenters. The van der Waals surface area contributed by atoms with Crippen molar-refractivity contribution in [3.63, 3.8) is 0 Å². The molecule has 6 heteroatoms. The molecular weight excluding hydrogens is 226 g/mol. The van der Waals surface area contributed by atoms with Gasteiger partial charge in [-0.25, -0.2) is 0 Å². The molecule has 0 bridgehead atoms. The Hall–Kier alpha value is -1.95. The highest BCUT2D eigenvalue weighted by molar-refractivity contribution is 6.01. The van der Waals surface area contributed by atoms with Gasteiger partial charge in [0.05, 0.1) is 12.3 Å². The molecule has 0 saturated heterocycles. The monoisotopic (exact) mass is 239 g/mol. The third kappa shape index (κ3) is 1.99. The molecule has 0 saturated carbocycles. The molecule has 1 aromatic rings. The third-order valence-corrected chi connectivity index (χ3v) is 2.55. The van der Waals surface area contributed by atoms with Crippen LogP contribution in [0, 0.1) is 0 Å². The van der Waals surface area contributed by atoms with Gasteiger partial charge in [-0.05, 0) is 19.1 Å². The molecule has 0 spiro atoms. The number of fused-ring (bicyclic) bond motifs is 1. The number of aliphatic hydroxyl groups is 1. The average molecular weight is 239 g/mol. The van der Waals surface area contributed by atoms with Gasteiger partial charge in [-0.1, -0.05) is 5.16 Å². The average Bonchev–Trinajstić information content (AvgIpc) is 2.38. The van der Waals surface area contributed by atoms with Crippen molar-refractivity contribution in [3.05, 3.63) is 17.7 Å². The molecule has 17 heavy (non-hydrogen) atoms. The fraction of sp³-hybridized carbons (Fsp3) is 0.364. The Kier molecular flexibility index (Phi) is 3.06. The van der Waals surface area contributed by atoms with Crippen LogP contribution in [0.2, 0.25) is 0 Å². The van der Waals surface area contributed by atoms with Crippen LogP contribution in [0.1, 0.15) is 12.5 Å². The van der Waals surface area contributed by atoms with Gasteiger partial charge in [-0.3, -0.25) is 0 Å². The van der Waals surface area contributed by atoms with E-state index in [1.54, 1.807) is 19.1 Å². The van der Waals surface area contributed by atoms with Gasteiger partial charge in [0.25, 0.3) is 0 Å². The van der Waals surface area contributed by atoms with Crippen LogP contribution >= 0.6 is 0 Å². The highest BCUT2D eigenvalue weighted by Crippen LogP contribution is 2.42. The standard InChI is InChI=1S/C11H13NO5/c1-6(12-15)8-2-3-9-11(10(8)14)17-7(4-13)5-16-9/h2-3,7,13-15H,4-5H2,1H3/b12-6+/t7-/m0/s1. The minimum atomic E-state index is -0.505. The molecule has 1 aromatic carbocycles. The molecule has 0 fully saturated rings. The van der Waals surface area contributed by atoms with Crippen molar-refractivity contribution in [1.29, 1.82) is 0 Å². The second-order valence-electron chi connectivity index (χ2n) is 3.71. The van der Waals surface area contributed by atoms with E-state index < -0.39 is 6.10 Å². The van der Waals surface area contributed by atoms with Crippen LogP contribution in [0.3, 0.4) is 0 Å². The van der Waals surface area contributed by atoms with E-state index in [0.717, 1.165) is 0 Å². The molecular formula is C11H13NO5. The minimum Gasteiger partial charge on any atom is -0.504 e. The van der Waals surface area contributed by atoms with Crippen molar-refractivity contribution in [2.75, 3.05) is 13.2 Å². The normalized spacial score (nSPS) is 19.2. The Morgan fingerprint density at radius 1 is 1.53 bits per heavy atom. The molecule has 3 N–H and O–H groups in total. The summed E-state index contributed by atoms with van der Waals surface area (Å²) in [4.78, 5) is 0. The van der Waals surface area contributed by atoms with E-state index in [1.165, 1.54) is 0 Å². The summed E-state index contributed by atoms with van der Waals surface area (Å²) >= 11 is 0. The smallest absolute Gasteiger partial charge is 0.204 e. The zero-order valence-electron chi connectivity index (χ0n) is 9.25. The summed E-state index contributed by atoms with van der Waals surface area (Å²) in [6.07, 6.45) is -0.505. The zero-order chi connectivity index (χ0) is 12.4. The van der Waals surface area contributed by atoms with Crippen molar-refractivity contribution >= 4 is 5.71 Å². The quantitative estimate of drug-likeness (QED) is 0.402. The molecule has 0 aliphatic carbocycles. The first-order valence-corrected chi connectivity index (χ1v) is 5.12. The van der Waals surface area contributed by atoms with Crippen LogP contribution in [-0.2, 0) is 0 Å². The summed E-state index contributed by atoms with van der Waals surface area (Å²) in [7, 11) is 0. The zero-order valence-corrected chi connectivity index (χ0v) is 9.25. The molecule has 0 radical (unpaired) electrons. The second kappa shape index (κ2) is 4.50. The minimum absolute atomic E-state index is 0.157. The van der Waals surface area contributed by atoms with E-state index in [0.29, 0.717) is 11.3 Å². The van der Waals surface area contributed by atoms with Gasteiger partial charge < -0.3 is 24.9 Å². The van der Waals surface area contributed by atoms with E-state index in [1.807, 2.05) is 0 Å². The van der Waals surface area contributed by atoms with Crippen LogP contribution in [-0.4, -0.2) is 40.4 Å². The predicted octanol–water partition coefficient (Wildman–Crippen LogP) is 0.722. The maximum Gasteiger partial charge on any atom is 0.204 e. The fourth-order valence-electron chi connectivity index (χ4n) is 1.60. The first-order valence-electron chi connectivity index (χ1n) is 5.12. The fourth-order valence-corrected chi connectivity index (χ4v) is 1.60. The van der Waals surface area contributed by atoms with Crippen molar-refractivity contribution in [2.24, 2.45) is 5.16 Å². The van der Waals surface area contributed by atoms with E-state index in [-0.39, 0.29) is 30.4 Å². The van der Waals surface area contributed by atoms with E-state index in [4.69, 9.17) is 19.8 Å². The van der Waals surface area contributed by atoms with Crippen LogP contribution in [0.25, 0.3) is 0 Å². The SMILES string of the molecule is C/C(=N\O)c1ccc2c(c1O)O[C@@H](CO)CO2. The lowest BCUT2D eigenvalue weighted by molar-refractivity contribution is 0.0431. The van der Waals surface area contributed by atoms with Gasteiger partial charge in [0.1, 0.15) is 6.61 Å². The first-order chi connectivity index (χ1) is 8.17. The lowest BCUT2D eigenvalue weighted by atomic mass is 10.1. The van der Waals surface area contributed by atoms with Gasteiger partial charge in [-0.2, -0.15) is 0 Å². The lowest BCUT2D eigenvalue weighted by Gasteiger charge is -2.26. The van der Waals surface area contributed by atoms with Crippen molar-refractivity contribution in [1.82, 2.24) is 0 Å². The van der Waals surface area contributed by atoms with E-state index in [2.05, 4.69) is 5.16 Å². The summed E-state index contributed by atoms with van der Waals surface area (Å²) < 4.78 is 10.7. The number of rotatable bonds is 2. The molecule has 92 valence electrons. The number of phenols is 1. The number of aromatic hydroxyl groups is 1. The van der Waals surface area contributed by atoms with Crippen molar-refractivity contribution in [3.8, 4) is 17.2 Å². The number of aliphatic hydroxyl groups excluding tert-OH is 1. The number of benzene rings is 1. The Balaban J connectivity index is 2.44. The molecule has 1 aliphatic heterocycles. The molecule has 6 nitrogen and oxygen atoms in total. The van der Waals surface area contributed by atoms with Gasteiger partial charge >= 0.3 is 0 Å². The summed E-state index contributed by atoms with van der Waals surface area (Å²) in [6.45, 7) is 1.58. The Labute approximate surface area is 97.7 Å². The first kappa shape index (κ1) is 11.5. The molecule has 0 amide bonds. The number of ether oxygens (including phenoxy) is 2. The van der Waals surface area contributed by atoms with E-state index >= 15 is 0 Å². The number of nitrogens with zero attached hydrogens (tertiary/aromatic N) is 1. The number of hydrogen-bond donors (Lipinski definition) is 3. The topological polar surface area (TPSA) is 91.5 Å². The Bertz CT molecular complexity index is 457. The molecule has 1 heterocycles. The highest BCUT2D eigenvalue weighted by Gasteiger charge is 2.25. The van der Waals surface area contributed by atoms with Gasteiger partial charge in [-0.15, -0.1) is 0 Å². The van der Waals surface area contributed by atoms with Crippen LogP contribution in [0.15, 0.2) is 17.3 Å². The Morgan fingerprint density at radius 3 is 2.94 bits per heavy atom. The summed E-state index contributed by atoms with van der Waals surface area (Å²) in [5.74, 6) is 0.411. The van der Waals surface area contributed by atoms with Gasteiger partial charge in [0.15, 0.2) is 17.6 Å². The van der Waals surface area contributed by atoms with Crippen molar-refractivity contribution in [2.45, 2.75) is 13.0 Å². The number of hydrogen-bond acceptors (Lipinski definition) is 6. The number of oxime groups is 1. The molecule has 2 rings (SSSR count). The van der Waals surface area contributed by atoms with Crippen LogP contribution in [0.5, 0.6) is 17.2 Å². The van der Waals surface area contributed by atoms with Crippen LogP contribution < -0.4 is 9.47 Å². The summed E-state index contributed by atoms with van der Waals surface area (Å²) in [6, 6.07) is 3.19. The summed E-state index contributed by atoms with van der Waals surface area (Å²) in [5.41, 5.74) is 0.619. The lowest BCUT2D eigenvalue weighted by Crippen LogP contribution is -2.32. The molecule has 1 aliphatic rings. The van der Waals surface area contributed by atoms with Gasteiger partial charge in [0.2, 0.25) is 5.75 Å². The second-order valence-corrected chi connectivity index (χ2v) is 3.71. The highest BCUT2D eigenvalue weighted by atomic mass is 16.6. The largest absolute Gasteiger partial charge is 0.504 e. The van der Waals surface area contributed by atoms with Crippen LogP contribution in [0.4, 0.5) is 0 Å². The van der Waals surface area contributed by atoms with E-state index in [9.17, 15) is 5.11 Å². The van der Waals surface area contributed by atoms with Gasteiger partial charge in [0, 0.05) is 5.56 Å². The maximum absolute atomic E-state index is 9.97. The molecule has 0 unspecified atom stereocenters. The molecule has 0 aromatic heterocycles. The third-order valence-electron chi connectivity index (χ3n) is 2.55. The van der Waals surface area contributed by atoms with Crippen molar-refractivity contribution < 1.29 is 24.9 Å². The Morgan fingerprint density at radius 2 is 2.29 bits per heavy atom. The summed E-state index contributed by atoms with van der Waals surface area (Å²) in [5, 5.41) is 30.7. The predicted molar refractivity (Wildman–Crippen MR) is 59.1 cm³/mol.